The van der Waals surface area contributed by atoms with Crippen LogP contribution in [0, 0.1) is 6.92 Å². The van der Waals surface area contributed by atoms with Crippen LogP contribution in [0.5, 0.6) is 0 Å². The second kappa shape index (κ2) is 8.17. The fourth-order valence-corrected chi connectivity index (χ4v) is 3.37. The highest BCUT2D eigenvalue weighted by Crippen LogP contribution is 2.28. The van der Waals surface area contributed by atoms with E-state index in [9.17, 15) is 4.79 Å². The molecule has 0 aliphatic heterocycles. The van der Waals surface area contributed by atoms with Crippen LogP contribution < -0.4 is 5.73 Å². The molecule has 4 nitrogen and oxygen atoms in total. The summed E-state index contributed by atoms with van der Waals surface area (Å²) in [5, 5.41) is 0. The van der Waals surface area contributed by atoms with Gasteiger partial charge in [-0.2, -0.15) is 0 Å². The molecule has 1 aliphatic rings. The Morgan fingerprint density at radius 1 is 1.40 bits per heavy atom. The number of nitrogens with two attached hydrogens (primary N) is 1. The number of amides is 1. The molecular weight excluding hydrogens is 317 g/mol. The summed E-state index contributed by atoms with van der Waals surface area (Å²) in [5.74, 6) is 0.0787. The van der Waals surface area contributed by atoms with Crippen LogP contribution in [0.25, 0.3) is 0 Å². The number of thiazole rings is 1. The van der Waals surface area contributed by atoms with Gasteiger partial charge in [0.05, 0.1) is 23.3 Å². The number of hydrogen-bond acceptors (Lipinski definition) is 4. The molecule has 1 heterocycles. The number of rotatable bonds is 3. The van der Waals surface area contributed by atoms with Crippen molar-refractivity contribution in [1.82, 2.24) is 9.88 Å². The van der Waals surface area contributed by atoms with E-state index >= 15 is 0 Å². The highest BCUT2D eigenvalue weighted by Gasteiger charge is 2.37. The van der Waals surface area contributed by atoms with Gasteiger partial charge in [0.25, 0.3) is 0 Å². The van der Waals surface area contributed by atoms with E-state index in [1.165, 1.54) is 6.42 Å². The third kappa shape index (κ3) is 4.32. The zero-order valence-corrected chi connectivity index (χ0v) is 14.4. The molecule has 1 amide bonds. The second-order valence-corrected chi connectivity index (χ2v) is 6.18. The first kappa shape index (κ1) is 19.6. The van der Waals surface area contributed by atoms with E-state index in [-0.39, 0.29) is 30.7 Å². The van der Waals surface area contributed by atoms with Crippen molar-refractivity contribution in [3.63, 3.8) is 0 Å². The summed E-state index contributed by atoms with van der Waals surface area (Å²) in [6, 6.07) is 0. The molecule has 20 heavy (non-hydrogen) atoms. The van der Waals surface area contributed by atoms with Crippen LogP contribution in [0.15, 0.2) is 5.51 Å². The van der Waals surface area contributed by atoms with Crippen LogP contribution in [0.1, 0.15) is 42.7 Å². The van der Waals surface area contributed by atoms with E-state index in [0.29, 0.717) is 6.54 Å². The molecule has 0 spiro atoms. The number of hydrogen-bond donors (Lipinski definition) is 1. The van der Waals surface area contributed by atoms with E-state index in [0.717, 1.165) is 36.3 Å². The van der Waals surface area contributed by atoms with Crippen molar-refractivity contribution >= 4 is 42.1 Å². The molecule has 0 atom stereocenters. The van der Waals surface area contributed by atoms with Gasteiger partial charge in [-0.25, -0.2) is 4.98 Å². The minimum absolute atomic E-state index is 0. The average Bonchev–Trinajstić information content (AvgIpc) is 2.75. The maximum atomic E-state index is 12.4. The van der Waals surface area contributed by atoms with Crippen molar-refractivity contribution in [2.24, 2.45) is 5.73 Å². The lowest BCUT2D eigenvalue weighted by Crippen LogP contribution is -2.55. The molecule has 0 unspecified atom stereocenters. The van der Waals surface area contributed by atoms with Crippen molar-refractivity contribution in [1.29, 1.82) is 0 Å². The van der Waals surface area contributed by atoms with Gasteiger partial charge in [-0.05, 0) is 19.8 Å². The molecule has 1 aliphatic carbocycles. The third-order valence-corrected chi connectivity index (χ3v) is 4.66. The summed E-state index contributed by atoms with van der Waals surface area (Å²) < 4.78 is 0. The van der Waals surface area contributed by atoms with Gasteiger partial charge < -0.3 is 10.6 Å². The zero-order valence-electron chi connectivity index (χ0n) is 11.9. The number of aromatic nitrogens is 1. The third-order valence-electron chi connectivity index (χ3n) is 3.74. The van der Waals surface area contributed by atoms with Crippen LogP contribution >= 0.6 is 36.2 Å². The smallest absolute Gasteiger partial charge is 0.242 e. The Balaban J connectivity index is 0.00000180. The van der Waals surface area contributed by atoms with Gasteiger partial charge in [0.2, 0.25) is 5.91 Å². The summed E-state index contributed by atoms with van der Waals surface area (Å²) >= 11 is 1.60. The summed E-state index contributed by atoms with van der Waals surface area (Å²) in [5.41, 5.74) is 8.46. The number of carbonyl (C=O) groups excluding carboxylic acids is 1. The number of carbonyl (C=O) groups is 1. The largest absolute Gasteiger partial charge is 0.339 e. The zero-order chi connectivity index (χ0) is 13.2. The highest BCUT2D eigenvalue weighted by molar-refractivity contribution is 7.09. The fourth-order valence-electron chi connectivity index (χ4n) is 2.54. The lowest BCUT2D eigenvalue weighted by Gasteiger charge is -2.35. The molecule has 1 fully saturated rings. The van der Waals surface area contributed by atoms with Gasteiger partial charge in [0.15, 0.2) is 0 Å². The molecule has 0 radical (unpaired) electrons. The fraction of sp³-hybridized carbons (Fsp3) is 0.692. The molecule has 0 saturated heterocycles. The molecule has 1 saturated carbocycles. The average molecular weight is 340 g/mol. The van der Waals surface area contributed by atoms with Crippen molar-refractivity contribution in [3.8, 4) is 0 Å². The first-order valence-corrected chi connectivity index (χ1v) is 7.34. The molecule has 7 heteroatoms. The Bertz CT molecular complexity index is 433. The number of likely N-dealkylation sites (N-methyl/N-ethyl adjacent to an activating group) is 1. The van der Waals surface area contributed by atoms with Crippen molar-refractivity contribution in [2.45, 2.75) is 51.1 Å². The Labute approximate surface area is 137 Å². The van der Waals surface area contributed by atoms with Crippen molar-refractivity contribution in [3.05, 3.63) is 16.1 Å². The lowest BCUT2D eigenvalue weighted by molar-refractivity contribution is -0.137. The van der Waals surface area contributed by atoms with E-state index < -0.39 is 5.54 Å². The van der Waals surface area contributed by atoms with E-state index in [1.54, 1.807) is 16.2 Å². The molecule has 1 aromatic rings. The van der Waals surface area contributed by atoms with Crippen LogP contribution in [0.4, 0.5) is 0 Å². The maximum Gasteiger partial charge on any atom is 0.242 e. The minimum Gasteiger partial charge on any atom is -0.339 e. The quantitative estimate of drug-likeness (QED) is 0.920. The maximum absolute atomic E-state index is 12.4. The van der Waals surface area contributed by atoms with E-state index in [2.05, 4.69) is 4.98 Å². The van der Waals surface area contributed by atoms with Crippen LogP contribution in [-0.4, -0.2) is 28.4 Å². The van der Waals surface area contributed by atoms with E-state index in [4.69, 9.17) is 5.73 Å². The van der Waals surface area contributed by atoms with Gasteiger partial charge in [0.1, 0.15) is 0 Å². The topological polar surface area (TPSA) is 59.2 Å². The van der Waals surface area contributed by atoms with Gasteiger partial charge in [-0.1, -0.05) is 19.3 Å². The second-order valence-electron chi connectivity index (χ2n) is 5.24. The van der Waals surface area contributed by atoms with Crippen molar-refractivity contribution < 1.29 is 4.79 Å². The van der Waals surface area contributed by atoms with Crippen LogP contribution in [0.3, 0.4) is 0 Å². The minimum atomic E-state index is -0.633. The van der Waals surface area contributed by atoms with E-state index in [1.807, 2.05) is 19.5 Å². The molecule has 0 bridgehead atoms. The van der Waals surface area contributed by atoms with Crippen molar-refractivity contribution in [2.75, 3.05) is 7.05 Å². The number of halogens is 2. The summed E-state index contributed by atoms with van der Waals surface area (Å²) in [7, 11) is 1.84. The lowest BCUT2D eigenvalue weighted by atomic mass is 9.81. The van der Waals surface area contributed by atoms with Crippen LogP contribution in [0.2, 0.25) is 0 Å². The summed E-state index contributed by atoms with van der Waals surface area (Å²) in [4.78, 5) is 19.6. The van der Waals surface area contributed by atoms with Gasteiger partial charge in [0, 0.05) is 11.9 Å². The summed E-state index contributed by atoms with van der Waals surface area (Å²) in [6.07, 6.45) is 4.96. The molecule has 2 N–H and O–H groups in total. The molecule has 116 valence electrons. The Hall–Kier alpha value is -0.360. The monoisotopic (exact) mass is 339 g/mol. The SMILES string of the molecule is Cc1ncsc1CN(C)C(=O)C1(N)CCCCC1.Cl.Cl. The van der Waals surface area contributed by atoms with Gasteiger partial charge in [-0.15, -0.1) is 36.2 Å². The Morgan fingerprint density at radius 3 is 2.50 bits per heavy atom. The highest BCUT2D eigenvalue weighted by atomic mass is 35.5. The first-order valence-electron chi connectivity index (χ1n) is 6.46. The van der Waals surface area contributed by atoms with Gasteiger partial charge >= 0.3 is 0 Å². The summed E-state index contributed by atoms with van der Waals surface area (Å²) in [6.45, 7) is 2.59. The standard InChI is InChI=1S/C13H21N3OS.2ClH/c1-10-11(18-9-15-10)8-16(2)12(17)13(14)6-4-3-5-7-13;;/h9H,3-8,14H2,1-2H3;2*1H. The molecular formula is C13H23Cl2N3OS. The molecule has 0 aromatic carbocycles. The Morgan fingerprint density at radius 2 is 2.00 bits per heavy atom. The molecule has 2 rings (SSSR count). The predicted octanol–water partition coefficient (Wildman–Crippen LogP) is 2.92. The number of aryl methyl sites for hydroxylation is 1. The Kier molecular flexibility index (Phi) is 8.03. The van der Waals surface area contributed by atoms with Gasteiger partial charge in [-0.3, -0.25) is 4.79 Å². The normalized spacial score (nSPS) is 16.8. The van der Waals surface area contributed by atoms with Crippen LogP contribution in [-0.2, 0) is 11.3 Å². The first-order chi connectivity index (χ1) is 8.53. The predicted molar refractivity (Wildman–Crippen MR) is 87.8 cm³/mol. The number of nitrogens with zero attached hydrogens (tertiary/aromatic N) is 2. The molecule has 1 aromatic heterocycles.